The molecule has 0 spiro atoms. The van der Waals surface area contributed by atoms with Gasteiger partial charge in [-0.3, -0.25) is 4.79 Å². The summed E-state index contributed by atoms with van der Waals surface area (Å²) in [4.78, 5) is 16.4. The molecule has 1 aromatic carbocycles. The first-order valence-corrected chi connectivity index (χ1v) is 6.50. The summed E-state index contributed by atoms with van der Waals surface area (Å²) < 4.78 is 1.88. The van der Waals surface area contributed by atoms with Crippen LogP contribution in [0, 0.1) is 6.92 Å². The van der Waals surface area contributed by atoms with E-state index in [1.54, 1.807) is 6.20 Å². The van der Waals surface area contributed by atoms with Gasteiger partial charge in [0.1, 0.15) is 0 Å². The van der Waals surface area contributed by atoms with E-state index in [1.165, 1.54) is 0 Å². The second kappa shape index (κ2) is 5.17. The number of amides is 1. The minimum Gasteiger partial charge on any atom is -0.323 e. The molecule has 0 atom stereocenters. The van der Waals surface area contributed by atoms with Gasteiger partial charge in [-0.05, 0) is 30.2 Å². The Balaban J connectivity index is 1.80. The molecule has 3 rings (SSSR count). The van der Waals surface area contributed by atoms with E-state index in [1.807, 2.05) is 60.1 Å². The van der Waals surface area contributed by atoms with Crippen LogP contribution in [0.15, 0.2) is 55.0 Å². The van der Waals surface area contributed by atoms with Crippen LogP contribution in [0.3, 0.4) is 0 Å². The van der Waals surface area contributed by atoms with Gasteiger partial charge in [-0.15, -0.1) is 0 Å². The topological polar surface area (TPSA) is 46.4 Å². The van der Waals surface area contributed by atoms with Crippen LogP contribution in [0.5, 0.6) is 0 Å². The van der Waals surface area contributed by atoms with Crippen LogP contribution in [-0.4, -0.2) is 15.3 Å². The number of hydrogen-bond acceptors (Lipinski definition) is 2. The number of aryl methyl sites for hydroxylation is 1. The summed E-state index contributed by atoms with van der Waals surface area (Å²) in [6.45, 7) is 2.01. The highest BCUT2D eigenvalue weighted by Gasteiger charge is 2.08. The van der Waals surface area contributed by atoms with Crippen LogP contribution < -0.4 is 5.32 Å². The van der Waals surface area contributed by atoms with E-state index in [4.69, 9.17) is 0 Å². The highest BCUT2D eigenvalue weighted by Crippen LogP contribution is 2.15. The molecule has 0 aliphatic rings. The van der Waals surface area contributed by atoms with Gasteiger partial charge >= 0.3 is 0 Å². The number of imidazole rings is 1. The molecular weight excluding hydrogens is 250 g/mol. The zero-order valence-corrected chi connectivity index (χ0v) is 11.2. The number of carbonyl (C=O) groups excluding carboxylic acids is 1. The molecule has 0 aliphatic heterocycles. The predicted octanol–water partition coefficient (Wildman–Crippen LogP) is 2.82. The standard InChI is InChI=1S/C16H15N3O/c1-12-5-2-3-6-13(12)11-15(20)18-14-7-4-9-19-10-8-17-16(14)19/h2-10H,11H2,1H3,(H,18,20). The Hall–Kier alpha value is -2.62. The van der Waals surface area contributed by atoms with E-state index in [9.17, 15) is 4.79 Å². The molecule has 2 heterocycles. The Kier molecular flexibility index (Phi) is 3.21. The molecule has 0 unspecified atom stereocenters. The number of rotatable bonds is 3. The zero-order valence-electron chi connectivity index (χ0n) is 11.2. The normalized spacial score (nSPS) is 10.7. The van der Waals surface area contributed by atoms with E-state index in [-0.39, 0.29) is 5.91 Å². The van der Waals surface area contributed by atoms with Crippen molar-refractivity contribution >= 4 is 17.2 Å². The monoisotopic (exact) mass is 265 g/mol. The summed E-state index contributed by atoms with van der Waals surface area (Å²) in [7, 11) is 0. The third-order valence-corrected chi connectivity index (χ3v) is 3.31. The van der Waals surface area contributed by atoms with Gasteiger partial charge in [0.15, 0.2) is 5.65 Å². The van der Waals surface area contributed by atoms with Crippen LogP contribution in [-0.2, 0) is 11.2 Å². The molecule has 4 heteroatoms. The molecule has 0 aliphatic carbocycles. The van der Waals surface area contributed by atoms with Crippen LogP contribution in [0.4, 0.5) is 5.69 Å². The van der Waals surface area contributed by atoms with Crippen molar-refractivity contribution in [3.63, 3.8) is 0 Å². The Bertz CT molecular complexity index is 761. The Morgan fingerprint density at radius 1 is 1.20 bits per heavy atom. The first-order valence-electron chi connectivity index (χ1n) is 6.50. The van der Waals surface area contributed by atoms with E-state index < -0.39 is 0 Å². The maximum Gasteiger partial charge on any atom is 0.228 e. The van der Waals surface area contributed by atoms with Crippen LogP contribution >= 0.6 is 0 Å². The average Bonchev–Trinajstić information content (AvgIpc) is 2.91. The van der Waals surface area contributed by atoms with E-state index in [0.29, 0.717) is 6.42 Å². The van der Waals surface area contributed by atoms with E-state index >= 15 is 0 Å². The largest absolute Gasteiger partial charge is 0.323 e. The lowest BCUT2D eigenvalue weighted by atomic mass is 10.1. The van der Waals surface area contributed by atoms with Crippen molar-refractivity contribution in [1.29, 1.82) is 0 Å². The molecule has 4 nitrogen and oxygen atoms in total. The maximum absolute atomic E-state index is 12.2. The summed E-state index contributed by atoms with van der Waals surface area (Å²) in [6, 6.07) is 11.7. The molecule has 0 saturated carbocycles. The molecule has 1 amide bonds. The summed E-state index contributed by atoms with van der Waals surface area (Å²) >= 11 is 0. The number of carbonyl (C=O) groups is 1. The minimum atomic E-state index is -0.0320. The Morgan fingerprint density at radius 2 is 2.05 bits per heavy atom. The number of pyridine rings is 1. The zero-order chi connectivity index (χ0) is 13.9. The van der Waals surface area contributed by atoms with Gasteiger partial charge in [0, 0.05) is 18.6 Å². The lowest BCUT2D eigenvalue weighted by Crippen LogP contribution is -2.15. The summed E-state index contributed by atoms with van der Waals surface area (Å²) in [5.41, 5.74) is 3.66. The first-order chi connectivity index (χ1) is 9.74. The lowest BCUT2D eigenvalue weighted by molar-refractivity contribution is -0.115. The van der Waals surface area contributed by atoms with Gasteiger partial charge in [-0.1, -0.05) is 24.3 Å². The Morgan fingerprint density at radius 3 is 2.90 bits per heavy atom. The molecule has 1 N–H and O–H groups in total. The molecule has 0 radical (unpaired) electrons. The third kappa shape index (κ3) is 2.40. The number of benzene rings is 1. The number of anilines is 1. The molecule has 3 aromatic rings. The SMILES string of the molecule is Cc1ccccc1CC(=O)Nc1cccn2ccnc12. The number of nitrogens with one attached hydrogen (secondary N) is 1. The lowest BCUT2D eigenvalue weighted by Gasteiger charge is -2.08. The van der Waals surface area contributed by atoms with E-state index in [0.717, 1.165) is 22.5 Å². The third-order valence-electron chi connectivity index (χ3n) is 3.31. The van der Waals surface area contributed by atoms with Crippen molar-refractivity contribution in [1.82, 2.24) is 9.38 Å². The molecular formula is C16H15N3O. The van der Waals surface area contributed by atoms with Crippen molar-refractivity contribution in [2.75, 3.05) is 5.32 Å². The van der Waals surface area contributed by atoms with Crippen molar-refractivity contribution in [3.8, 4) is 0 Å². The molecule has 100 valence electrons. The fraction of sp³-hybridized carbons (Fsp3) is 0.125. The van der Waals surface area contributed by atoms with Crippen LogP contribution in [0.1, 0.15) is 11.1 Å². The van der Waals surface area contributed by atoms with Gasteiger partial charge in [0.05, 0.1) is 12.1 Å². The second-order valence-corrected chi connectivity index (χ2v) is 4.73. The number of nitrogens with zero attached hydrogens (tertiary/aromatic N) is 2. The van der Waals surface area contributed by atoms with Gasteiger partial charge in [0.2, 0.25) is 5.91 Å². The van der Waals surface area contributed by atoms with Crippen molar-refractivity contribution in [2.45, 2.75) is 13.3 Å². The predicted molar refractivity (Wildman–Crippen MR) is 78.7 cm³/mol. The highest BCUT2D eigenvalue weighted by atomic mass is 16.1. The Labute approximate surface area is 117 Å². The van der Waals surface area contributed by atoms with Crippen molar-refractivity contribution in [2.24, 2.45) is 0 Å². The van der Waals surface area contributed by atoms with Crippen molar-refractivity contribution < 1.29 is 4.79 Å². The summed E-state index contributed by atoms with van der Waals surface area (Å²) in [6.07, 6.45) is 5.84. The number of fused-ring (bicyclic) bond motifs is 1. The van der Waals surface area contributed by atoms with Crippen molar-refractivity contribution in [3.05, 3.63) is 66.1 Å². The molecule has 20 heavy (non-hydrogen) atoms. The van der Waals surface area contributed by atoms with Gasteiger partial charge < -0.3 is 9.72 Å². The smallest absolute Gasteiger partial charge is 0.228 e. The fourth-order valence-corrected chi connectivity index (χ4v) is 2.22. The molecule has 0 fully saturated rings. The molecule has 2 aromatic heterocycles. The van der Waals surface area contributed by atoms with Gasteiger partial charge in [-0.2, -0.15) is 0 Å². The van der Waals surface area contributed by atoms with Gasteiger partial charge in [0.25, 0.3) is 0 Å². The van der Waals surface area contributed by atoms with E-state index in [2.05, 4.69) is 10.3 Å². The van der Waals surface area contributed by atoms with Gasteiger partial charge in [-0.25, -0.2) is 4.98 Å². The fourth-order valence-electron chi connectivity index (χ4n) is 2.22. The maximum atomic E-state index is 12.2. The minimum absolute atomic E-state index is 0.0320. The van der Waals surface area contributed by atoms with Crippen LogP contribution in [0.2, 0.25) is 0 Å². The highest BCUT2D eigenvalue weighted by molar-refractivity contribution is 5.95. The quantitative estimate of drug-likeness (QED) is 0.791. The van der Waals surface area contributed by atoms with Crippen LogP contribution in [0.25, 0.3) is 5.65 Å². The molecule has 0 bridgehead atoms. The number of hydrogen-bond donors (Lipinski definition) is 1. The number of aromatic nitrogens is 2. The summed E-state index contributed by atoms with van der Waals surface area (Å²) in [5, 5.41) is 2.92. The first kappa shape index (κ1) is 12.4. The second-order valence-electron chi connectivity index (χ2n) is 4.73. The molecule has 0 saturated heterocycles. The average molecular weight is 265 g/mol. The summed E-state index contributed by atoms with van der Waals surface area (Å²) in [5.74, 6) is -0.0320.